The quantitative estimate of drug-likeness (QED) is 0.934. The highest BCUT2D eigenvalue weighted by atomic mass is 35.5. The Morgan fingerprint density at radius 1 is 1.42 bits per heavy atom. The second kappa shape index (κ2) is 5.80. The smallest absolute Gasteiger partial charge is 0.311 e. The van der Waals surface area contributed by atoms with Gasteiger partial charge in [-0.05, 0) is 35.7 Å². The van der Waals surface area contributed by atoms with Gasteiger partial charge in [-0.3, -0.25) is 9.78 Å². The third-order valence-corrected chi connectivity index (χ3v) is 3.12. The zero-order valence-corrected chi connectivity index (χ0v) is 10.6. The van der Waals surface area contributed by atoms with Crippen molar-refractivity contribution in [3.05, 3.63) is 64.7 Å². The van der Waals surface area contributed by atoms with E-state index in [1.165, 1.54) is 24.5 Å². The average molecular weight is 280 g/mol. The van der Waals surface area contributed by atoms with Crippen LogP contribution in [0.4, 0.5) is 4.39 Å². The number of carbonyl (C=O) groups is 1. The predicted molar refractivity (Wildman–Crippen MR) is 69.7 cm³/mol. The molecule has 0 aliphatic rings. The normalized spacial score (nSPS) is 12.1. The molecule has 1 aromatic heterocycles. The standard InChI is InChI=1S/C14H11ClFNO2/c15-13-8-17-5-4-11(13)12(14(18)19)7-9-2-1-3-10(16)6-9/h1-6,8,12H,7H2,(H,18,19). The van der Waals surface area contributed by atoms with E-state index in [4.69, 9.17) is 11.6 Å². The van der Waals surface area contributed by atoms with Crippen LogP contribution in [0.3, 0.4) is 0 Å². The van der Waals surface area contributed by atoms with Crippen LogP contribution in [0.25, 0.3) is 0 Å². The topological polar surface area (TPSA) is 50.2 Å². The molecule has 3 nitrogen and oxygen atoms in total. The van der Waals surface area contributed by atoms with E-state index in [1.807, 2.05) is 0 Å². The van der Waals surface area contributed by atoms with Crippen LogP contribution >= 0.6 is 11.6 Å². The lowest BCUT2D eigenvalue weighted by Crippen LogP contribution is -2.15. The van der Waals surface area contributed by atoms with Gasteiger partial charge in [0.25, 0.3) is 0 Å². The fraction of sp³-hybridized carbons (Fsp3) is 0.143. The van der Waals surface area contributed by atoms with E-state index in [1.54, 1.807) is 18.2 Å². The zero-order chi connectivity index (χ0) is 13.8. The molecule has 0 saturated heterocycles. The summed E-state index contributed by atoms with van der Waals surface area (Å²) in [4.78, 5) is 15.2. The molecule has 1 unspecified atom stereocenters. The molecule has 0 saturated carbocycles. The first-order chi connectivity index (χ1) is 9.08. The number of aliphatic carboxylic acids is 1. The van der Waals surface area contributed by atoms with Crippen LogP contribution in [0.2, 0.25) is 5.02 Å². The highest BCUT2D eigenvalue weighted by Crippen LogP contribution is 2.27. The van der Waals surface area contributed by atoms with Gasteiger partial charge in [0.1, 0.15) is 5.82 Å². The number of hydrogen-bond acceptors (Lipinski definition) is 2. The van der Waals surface area contributed by atoms with Gasteiger partial charge in [-0.15, -0.1) is 0 Å². The van der Waals surface area contributed by atoms with E-state index in [9.17, 15) is 14.3 Å². The molecular formula is C14H11ClFNO2. The van der Waals surface area contributed by atoms with Crippen molar-refractivity contribution in [3.8, 4) is 0 Å². The summed E-state index contributed by atoms with van der Waals surface area (Å²) in [6, 6.07) is 7.45. The second-order valence-electron chi connectivity index (χ2n) is 4.12. The summed E-state index contributed by atoms with van der Waals surface area (Å²) in [7, 11) is 0. The minimum atomic E-state index is -1.00. The van der Waals surface area contributed by atoms with Crippen molar-refractivity contribution in [2.75, 3.05) is 0 Å². The first-order valence-electron chi connectivity index (χ1n) is 5.64. The summed E-state index contributed by atoms with van der Waals surface area (Å²) in [5, 5.41) is 9.61. The molecule has 1 heterocycles. The lowest BCUT2D eigenvalue weighted by Gasteiger charge is -2.14. The molecule has 0 radical (unpaired) electrons. The monoisotopic (exact) mass is 279 g/mol. The third-order valence-electron chi connectivity index (χ3n) is 2.81. The number of nitrogens with zero attached hydrogens (tertiary/aromatic N) is 1. The molecule has 0 aliphatic heterocycles. The van der Waals surface area contributed by atoms with Crippen LogP contribution in [0.1, 0.15) is 17.0 Å². The number of rotatable bonds is 4. The highest BCUT2D eigenvalue weighted by Gasteiger charge is 2.22. The van der Waals surface area contributed by atoms with Gasteiger partial charge in [0.2, 0.25) is 0 Å². The van der Waals surface area contributed by atoms with Crippen molar-refractivity contribution in [3.63, 3.8) is 0 Å². The molecule has 1 aromatic carbocycles. The number of pyridine rings is 1. The van der Waals surface area contributed by atoms with Gasteiger partial charge in [-0.25, -0.2) is 4.39 Å². The van der Waals surface area contributed by atoms with Gasteiger partial charge >= 0.3 is 5.97 Å². The number of carboxylic acids is 1. The third kappa shape index (κ3) is 3.29. The first kappa shape index (κ1) is 13.5. The Balaban J connectivity index is 2.32. The van der Waals surface area contributed by atoms with Gasteiger partial charge in [-0.2, -0.15) is 0 Å². The molecule has 5 heteroatoms. The molecule has 2 aromatic rings. The summed E-state index contributed by atoms with van der Waals surface area (Å²) in [6.07, 6.45) is 3.07. The first-order valence-corrected chi connectivity index (χ1v) is 6.02. The molecular weight excluding hydrogens is 269 g/mol. The Labute approximate surface area is 114 Å². The summed E-state index contributed by atoms with van der Waals surface area (Å²) in [5.74, 6) is -2.21. The van der Waals surface area contributed by atoms with Gasteiger partial charge in [-0.1, -0.05) is 23.7 Å². The maximum absolute atomic E-state index is 13.1. The largest absolute Gasteiger partial charge is 0.481 e. The number of aromatic nitrogens is 1. The van der Waals surface area contributed by atoms with Crippen LogP contribution in [0, 0.1) is 5.82 Å². The maximum Gasteiger partial charge on any atom is 0.311 e. The molecule has 19 heavy (non-hydrogen) atoms. The molecule has 0 amide bonds. The van der Waals surface area contributed by atoms with E-state index < -0.39 is 11.9 Å². The Kier molecular flexibility index (Phi) is 4.12. The molecule has 2 rings (SSSR count). The van der Waals surface area contributed by atoms with Crippen molar-refractivity contribution in [2.45, 2.75) is 12.3 Å². The van der Waals surface area contributed by atoms with E-state index in [0.29, 0.717) is 16.1 Å². The summed E-state index contributed by atoms with van der Waals surface area (Å²) in [5.41, 5.74) is 1.09. The fourth-order valence-corrected chi connectivity index (χ4v) is 2.15. The molecule has 1 atom stereocenters. The zero-order valence-electron chi connectivity index (χ0n) is 9.88. The number of hydrogen-bond donors (Lipinski definition) is 1. The summed E-state index contributed by atoms with van der Waals surface area (Å²) < 4.78 is 13.1. The minimum Gasteiger partial charge on any atom is -0.481 e. The SMILES string of the molecule is O=C(O)C(Cc1cccc(F)c1)c1ccncc1Cl. The van der Waals surface area contributed by atoms with Gasteiger partial charge in [0.05, 0.1) is 10.9 Å². The van der Waals surface area contributed by atoms with Crippen molar-refractivity contribution in [2.24, 2.45) is 0 Å². The number of carboxylic acid groups (broad SMARTS) is 1. The second-order valence-corrected chi connectivity index (χ2v) is 4.53. The Hall–Kier alpha value is -1.94. The average Bonchev–Trinajstić information content (AvgIpc) is 2.37. The van der Waals surface area contributed by atoms with Gasteiger partial charge < -0.3 is 5.11 Å². The van der Waals surface area contributed by atoms with Crippen molar-refractivity contribution < 1.29 is 14.3 Å². The van der Waals surface area contributed by atoms with Gasteiger partial charge in [0.15, 0.2) is 0 Å². The van der Waals surface area contributed by atoms with Crippen LogP contribution in [0.5, 0.6) is 0 Å². The van der Waals surface area contributed by atoms with Crippen LogP contribution in [-0.4, -0.2) is 16.1 Å². The molecule has 1 N–H and O–H groups in total. The molecule has 0 spiro atoms. The van der Waals surface area contributed by atoms with E-state index >= 15 is 0 Å². The lowest BCUT2D eigenvalue weighted by atomic mass is 9.92. The van der Waals surface area contributed by atoms with Crippen molar-refractivity contribution >= 4 is 17.6 Å². The van der Waals surface area contributed by atoms with E-state index in [2.05, 4.69) is 4.98 Å². The molecule has 0 bridgehead atoms. The molecule has 98 valence electrons. The highest BCUT2D eigenvalue weighted by molar-refractivity contribution is 6.31. The lowest BCUT2D eigenvalue weighted by molar-refractivity contribution is -0.138. The number of benzene rings is 1. The number of halogens is 2. The van der Waals surface area contributed by atoms with Crippen LogP contribution in [0.15, 0.2) is 42.7 Å². The van der Waals surface area contributed by atoms with E-state index in [-0.39, 0.29) is 12.2 Å². The van der Waals surface area contributed by atoms with Crippen molar-refractivity contribution in [1.29, 1.82) is 0 Å². The Morgan fingerprint density at radius 3 is 2.84 bits per heavy atom. The molecule has 0 aliphatic carbocycles. The van der Waals surface area contributed by atoms with Crippen LogP contribution in [-0.2, 0) is 11.2 Å². The van der Waals surface area contributed by atoms with E-state index in [0.717, 1.165) is 0 Å². The predicted octanol–water partition coefficient (Wildman–Crippen LogP) is 3.29. The van der Waals surface area contributed by atoms with Gasteiger partial charge in [0, 0.05) is 12.4 Å². The maximum atomic E-state index is 13.1. The Bertz CT molecular complexity index is 604. The van der Waals surface area contributed by atoms with Crippen molar-refractivity contribution in [1.82, 2.24) is 4.98 Å². The summed E-state index contributed by atoms with van der Waals surface area (Å²) in [6.45, 7) is 0. The molecule has 0 fully saturated rings. The Morgan fingerprint density at radius 2 is 2.21 bits per heavy atom. The minimum absolute atomic E-state index is 0.177. The fourth-order valence-electron chi connectivity index (χ4n) is 1.90. The van der Waals surface area contributed by atoms with Crippen LogP contribution < -0.4 is 0 Å². The summed E-state index contributed by atoms with van der Waals surface area (Å²) >= 11 is 5.96.